The van der Waals surface area contributed by atoms with Crippen LogP contribution in [0.2, 0.25) is 0 Å². The molecule has 2 amide bonds. The van der Waals surface area contributed by atoms with Gasteiger partial charge < -0.3 is 19.7 Å². The number of carbonyl (C=O) groups excluding carboxylic acids is 2. The summed E-state index contributed by atoms with van der Waals surface area (Å²) in [5.74, 6) is 0.515. The van der Waals surface area contributed by atoms with Gasteiger partial charge in [-0.25, -0.2) is 0 Å². The first-order chi connectivity index (χ1) is 13.6. The van der Waals surface area contributed by atoms with Crippen LogP contribution in [0.5, 0.6) is 5.75 Å². The average Bonchev–Trinajstić information content (AvgIpc) is 2.74. The molecule has 7 heteroatoms. The highest BCUT2D eigenvalue weighted by atomic mass is 32.2. The molecule has 0 bridgehead atoms. The monoisotopic (exact) mass is 396 g/mol. The fourth-order valence-corrected chi connectivity index (χ4v) is 4.06. The zero-order chi connectivity index (χ0) is 19.5. The summed E-state index contributed by atoms with van der Waals surface area (Å²) in [7, 11) is 1.61. The molecule has 28 heavy (non-hydrogen) atoms. The lowest BCUT2D eigenvalue weighted by atomic mass is 10.1. The van der Waals surface area contributed by atoms with Crippen LogP contribution in [0, 0.1) is 0 Å². The number of thioether (sulfide) groups is 1. The minimum atomic E-state index is -0.184. The summed E-state index contributed by atoms with van der Waals surface area (Å²) in [6.07, 6.45) is 1.83. The van der Waals surface area contributed by atoms with E-state index in [1.807, 2.05) is 42.5 Å². The fraction of sp³-hybridized carbons (Fsp3) is 0.238. The van der Waals surface area contributed by atoms with Gasteiger partial charge in [0.2, 0.25) is 0 Å². The van der Waals surface area contributed by atoms with Crippen molar-refractivity contribution in [2.24, 2.45) is 0 Å². The summed E-state index contributed by atoms with van der Waals surface area (Å²) in [6, 6.07) is 13.0. The Morgan fingerprint density at radius 2 is 2.04 bits per heavy atom. The molecular formula is C21H20N2O4S. The van der Waals surface area contributed by atoms with Crippen LogP contribution >= 0.6 is 11.8 Å². The van der Waals surface area contributed by atoms with Crippen LogP contribution in [0.1, 0.15) is 15.9 Å². The lowest BCUT2D eigenvalue weighted by Crippen LogP contribution is -2.40. The maximum atomic E-state index is 12.7. The maximum Gasteiger partial charge on any atom is 0.262 e. The van der Waals surface area contributed by atoms with E-state index in [0.717, 1.165) is 16.2 Å². The van der Waals surface area contributed by atoms with Gasteiger partial charge in [-0.15, -0.1) is 0 Å². The molecule has 1 saturated heterocycles. The van der Waals surface area contributed by atoms with Crippen LogP contribution < -0.4 is 10.1 Å². The topological polar surface area (TPSA) is 67.9 Å². The number of amides is 2. The van der Waals surface area contributed by atoms with Crippen molar-refractivity contribution < 1.29 is 19.1 Å². The number of nitrogens with one attached hydrogen (secondary N) is 1. The van der Waals surface area contributed by atoms with Gasteiger partial charge in [0.1, 0.15) is 5.75 Å². The molecule has 2 aliphatic rings. The molecule has 1 fully saturated rings. The number of fused-ring (bicyclic) bond motifs is 1. The van der Waals surface area contributed by atoms with Crippen LogP contribution in [0.4, 0.5) is 5.69 Å². The lowest BCUT2D eigenvalue weighted by Gasteiger charge is -2.27. The third kappa shape index (κ3) is 3.90. The van der Waals surface area contributed by atoms with Crippen LogP contribution in [-0.2, 0) is 9.53 Å². The highest BCUT2D eigenvalue weighted by Crippen LogP contribution is 2.39. The van der Waals surface area contributed by atoms with Crippen molar-refractivity contribution in [1.29, 1.82) is 0 Å². The predicted molar refractivity (Wildman–Crippen MR) is 109 cm³/mol. The average molecular weight is 396 g/mol. The van der Waals surface area contributed by atoms with E-state index < -0.39 is 0 Å². The molecule has 0 aromatic heterocycles. The van der Waals surface area contributed by atoms with E-state index in [0.29, 0.717) is 42.5 Å². The van der Waals surface area contributed by atoms with Gasteiger partial charge in [-0.2, -0.15) is 0 Å². The SMILES string of the molecule is COc1cccc(C=C2Sc3ccc(C(=O)N4CCOCC4)cc3NC2=O)c1. The number of nitrogens with zero attached hydrogens (tertiary/aromatic N) is 1. The second-order valence-corrected chi connectivity index (χ2v) is 7.54. The summed E-state index contributed by atoms with van der Waals surface area (Å²) < 4.78 is 10.5. The molecule has 2 aliphatic heterocycles. The molecule has 0 radical (unpaired) electrons. The van der Waals surface area contributed by atoms with E-state index in [9.17, 15) is 9.59 Å². The number of anilines is 1. The molecule has 4 rings (SSSR count). The number of benzene rings is 2. The Balaban J connectivity index is 1.56. The Bertz CT molecular complexity index is 951. The summed E-state index contributed by atoms with van der Waals surface area (Å²) in [4.78, 5) is 28.5. The minimum Gasteiger partial charge on any atom is -0.497 e. The Morgan fingerprint density at radius 1 is 1.21 bits per heavy atom. The zero-order valence-electron chi connectivity index (χ0n) is 15.4. The fourth-order valence-electron chi connectivity index (χ4n) is 3.13. The highest BCUT2D eigenvalue weighted by Gasteiger charge is 2.24. The maximum absolute atomic E-state index is 12.7. The second-order valence-electron chi connectivity index (χ2n) is 6.46. The third-order valence-electron chi connectivity index (χ3n) is 4.61. The number of methoxy groups -OCH3 is 1. The molecule has 0 unspecified atom stereocenters. The van der Waals surface area contributed by atoms with E-state index in [-0.39, 0.29) is 11.8 Å². The van der Waals surface area contributed by atoms with Gasteiger partial charge in [-0.1, -0.05) is 23.9 Å². The standard InChI is InChI=1S/C21H20N2O4S/c1-26-16-4-2-3-14(11-16)12-19-20(24)22-17-13-15(5-6-18(17)28-19)21(25)23-7-9-27-10-8-23/h2-6,11-13H,7-10H2,1H3,(H,22,24). The molecule has 6 nitrogen and oxygen atoms in total. The van der Waals surface area contributed by atoms with Crippen molar-refractivity contribution in [3.05, 3.63) is 58.5 Å². The van der Waals surface area contributed by atoms with Crippen molar-refractivity contribution in [3.63, 3.8) is 0 Å². The highest BCUT2D eigenvalue weighted by molar-refractivity contribution is 8.04. The number of hydrogen-bond donors (Lipinski definition) is 1. The summed E-state index contributed by atoms with van der Waals surface area (Å²) in [5.41, 5.74) is 2.12. The summed E-state index contributed by atoms with van der Waals surface area (Å²) in [5, 5.41) is 2.90. The van der Waals surface area contributed by atoms with Crippen molar-refractivity contribution in [1.82, 2.24) is 4.90 Å². The van der Waals surface area contributed by atoms with Crippen LogP contribution in [0.3, 0.4) is 0 Å². The molecule has 0 aliphatic carbocycles. The first kappa shape index (κ1) is 18.6. The van der Waals surface area contributed by atoms with E-state index in [4.69, 9.17) is 9.47 Å². The Morgan fingerprint density at radius 3 is 2.82 bits per heavy atom. The van der Waals surface area contributed by atoms with Crippen LogP contribution in [0.15, 0.2) is 52.3 Å². The predicted octanol–water partition coefficient (Wildman–Crippen LogP) is 3.25. The molecule has 0 atom stereocenters. The number of hydrogen-bond acceptors (Lipinski definition) is 5. The molecule has 144 valence electrons. The van der Waals surface area contributed by atoms with Gasteiger partial charge in [-0.3, -0.25) is 9.59 Å². The van der Waals surface area contributed by atoms with Gasteiger partial charge in [0.05, 0.1) is 30.9 Å². The number of ether oxygens (including phenoxy) is 2. The van der Waals surface area contributed by atoms with Crippen molar-refractivity contribution >= 4 is 35.3 Å². The Hall–Kier alpha value is -2.77. The smallest absolute Gasteiger partial charge is 0.262 e. The quantitative estimate of drug-likeness (QED) is 0.807. The molecule has 2 aromatic carbocycles. The normalized spacial score (nSPS) is 17.8. The van der Waals surface area contributed by atoms with Gasteiger partial charge in [0.15, 0.2) is 0 Å². The number of rotatable bonds is 3. The van der Waals surface area contributed by atoms with E-state index in [1.165, 1.54) is 11.8 Å². The third-order valence-corrected chi connectivity index (χ3v) is 5.71. The number of morpholine rings is 1. The van der Waals surface area contributed by atoms with Gasteiger partial charge in [-0.05, 0) is 42.0 Å². The summed E-state index contributed by atoms with van der Waals surface area (Å²) in [6.45, 7) is 2.29. The van der Waals surface area contributed by atoms with Crippen LogP contribution in [-0.4, -0.2) is 50.1 Å². The second kappa shape index (κ2) is 8.08. The molecule has 2 heterocycles. The summed E-state index contributed by atoms with van der Waals surface area (Å²) >= 11 is 1.39. The van der Waals surface area contributed by atoms with E-state index >= 15 is 0 Å². The van der Waals surface area contributed by atoms with Crippen molar-refractivity contribution in [2.75, 3.05) is 38.7 Å². The number of carbonyl (C=O) groups is 2. The first-order valence-electron chi connectivity index (χ1n) is 9.00. The van der Waals surface area contributed by atoms with Gasteiger partial charge in [0, 0.05) is 23.5 Å². The first-order valence-corrected chi connectivity index (χ1v) is 9.82. The van der Waals surface area contributed by atoms with Crippen molar-refractivity contribution in [2.45, 2.75) is 4.90 Å². The van der Waals surface area contributed by atoms with Crippen molar-refractivity contribution in [3.8, 4) is 5.75 Å². The lowest BCUT2D eigenvalue weighted by molar-refractivity contribution is -0.112. The Labute approximate surface area is 167 Å². The van der Waals surface area contributed by atoms with E-state index in [2.05, 4.69) is 5.32 Å². The molecule has 0 spiro atoms. The molecule has 0 saturated carbocycles. The van der Waals surface area contributed by atoms with Gasteiger partial charge in [0.25, 0.3) is 11.8 Å². The van der Waals surface area contributed by atoms with Crippen LogP contribution in [0.25, 0.3) is 6.08 Å². The molecular weight excluding hydrogens is 376 g/mol. The molecule has 2 aromatic rings. The van der Waals surface area contributed by atoms with Gasteiger partial charge >= 0.3 is 0 Å². The minimum absolute atomic E-state index is 0.0388. The largest absolute Gasteiger partial charge is 0.497 e. The Kier molecular flexibility index (Phi) is 5.36. The zero-order valence-corrected chi connectivity index (χ0v) is 16.3. The molecule has 1 N–H and O–H groups in total. The van der Waals surface area contributed by atoms with E-state index in [1.54, 1.807) is 18.1 Å².